The van der Waals surface area contributed by atoms with Crippen LogP contribution in [0.4, 0.5) is 4.39 Å². The van der Waals surface area contributed by atoms with Gasteiger partial charge in [0.05, 0.1) is 7.11 Å². The topological polar surface area (TPSA) is 29.5 Å². The van der Waals surface area contributed by atoms with Crippen molar-refractivity contribution in [3.63, 3.8) is 0 Å². The zero-order chi connectivity index (χ0) is 14.9. The summed E-state index contributed by atoms with van der Waals surface area (Å²) in [6.07, 6.45) is -0.865. The van der Waals surface area contributed by atoms with Crippen molar-refractivity contribution >= 4 is 31.9 Å². The summed E-state index contributed by atoms with van der Waals surface area (Å²) in [5.74, 6) is -0.337. The predicted molar refractivity (Wildman–Crippen MR) is 83.6 cm³/mol. The number of ether oxygens (including phenoxy) is 1. The van der Waals surface area contributed by atoms with Crippen LogP contribution in [0.2, 0.25) is 0 Å². The van der Waals surface area contributed by atoms with Crippen molar-refractivity contribution in [1.82, 2.24) is 0 Å². The van der Waals surface area contributed by atoms with E-state index < -0.39 is 11.9 Å². The molecule has 0 aliphatic heterocycles. The van der Waals surface area contributed by atoms with Gasteiger partial charge in [0.1, 0.15) is 6.10 Å². The summed E-state index contributed by atoms with van der Waals surface area (Å²) >= 11 is 6.89. The molecule has 0 radical (unpaired) electrons. The van der Waals surface area contributed by atoms with Crippen molar-refractivity contribution < 1.29 is 14.2 Å². The van der Waals surface area contributed by atoms with Crippen LogP contribution in [0, 0.1) is 12.7 Å². The molecule has 0 saturated carbocycles. The van der Waals surface area contributed by atoms with Gasteiger partial charge in [-0.1, -0.05) is 37.9 Å². The molecule has 20 heavy (non-hydrogen) atoms. The molecule has 0 fully saturated rings. The number of aliphatic hydroxyl groups is 1. The summed E-state index contributed by atoms with van der Waals surface area (Å²) in [6, 6.07) is 8.10. The Hall–Kier alpha value is -0.910. The molecule has 0 aliphatic carbocycles. The second-order valence-corrected chi connectivity index (χ2v) is 6.13. The molecule has 0 aliphatic rings. The first-order chi connectivity index (χ1) is 9.43. The molecule has 5 heteroatoms. The highest BCUT2D eigenvalue weighted by atomic mass is 79.9. The molecule has 0 aromatic heterocycles. The van der Waals surface area contributed by atoms with E-state index in [2.05, 4.69) is 31.9 Å². The smallest absolute Gasteiger partial charge is 0.165 e. The van der Waals surface area contributed by atoms with E-state index in [-0.39, 0.29) is 5.75 Å². The van der Waals surface area contributed by atoms with Crippen LogP contribution in [0.1, 0.15) is 22.8 Å². The number of benzene rings is 2. The first-order valence-electron chi connectivity index (χ1n) is 5.91. The van der Waals surface area contributed by atoms with Crippen LogP contribution in [0.25, 0.3) is 0 Å². The van der Waals surface area contributed by atoms with Gasteiger partial charge in [-0.3, -0.25) is 0 Å². The standard InChI is InChI=1S/C15H13Br2FO2/c1-8-5-12(17)10(7-11(8)16)15(19)9-3-4-13(18)14(6-9)20-2/h3-7,15,19H,1-2H3. The number of hydrogen-bond donors (Lipinski definition) is 1. The lowest BCUT2D eigenvalue weighted by Crippen LogP contribution is -2.02. The first kappa shape index (κ1) is 15.5. The zero-order valence-electron chi connectivity index (χ0n) is 11.0. The van der Waals surface area contributed by atoms with Gasteiger partial charge in [-0.25, -0.2) is 4.39 Å². The van der Waals surface area contributed by atoms with Crippen LogP contribution in [0.3, 0.4) is 0 Å². The fraction of sp³-hybridized carbons (Fsp3) is 0.200. The minimum Gasteiger partial charge on any atom is -0.494 e. The van der Waals surface area contributed by atoms with Crippen molar-refractivity contribution in [2.24, 2.45) is 0 Å². The van der Waals surface area contributed by atoms with E-state index >= 15 is 0 Å². The molecule has 1 atom stereocenters. The SMILES string of the molecule is COc1cc(C(O)c2cc(Br)c(C)cc2Br)ccc1F. The van der Waals surface area contributed by atoms with Crippen LogP contribution in [0.15, 0.2) is 39.3 Å². The zero-order valence-corrected chi connectivity index (χ0v) is 14.1. The Labute approximate surface area is 133 Å². The van der Waals surface area contributed by atoms with Gasteiger partial charge in [0, 0.05) is 14.5 Å². The van der Waals surface area contributed by atoms with Crippen molar-refractivity contribution in [3.05, 3.63) is 61.8 Å². The lowest BCUT2D eigenvalue weighted by molar-refractivity contribution is 0.218. The Balaban J connectivity index is 2.46. The molecule has 2 aromatic carbocycles. The average Bonchev–Trinajstić information content (AvgIpc) is 2.42. The van der Waals surface area contributed by atoms with Gasteiger partial charge in [-0.15, -0.1) is 0 Å². The Kier molecular flexibility index (Phi) is 4.83. The molecular weight excluding hydrogens is 391 g/mol. The Bertz CT molecular complexity index is 644. The summed E-state index contributed by atoms with van der Waals surface area (Å²) in [4.78, 5) is 0. The maximum atomic E-state index is 13.4. The van der Waals surface area contributed by atoms with E-state index in [0.29, 0.717) is 11.1 Å². The summed E-state index contributed by atoms with van der Waals surface area (Å²) < 4.78 is 20.1. The third-order valence-electron chi connectivity index (χ3n) is 3.06. The summed E-state index contributed by atoms with van der Waals surface area (Å²) in [7, 11) is 1.40. The van der Waals surface area contributed by atoms with E-state index in [0.717, 1.165) is 14.5 Å². The Morgan fingerprint density at radius 2 is 1.85 bits per heavy atom. The van der Waals surface area contributed by atoms with Crippen molar-refractivity contribution in [3.8, 4) is 5.75 Å². The molecule has 2 aromatic rings. The summed E-state index contributed by atoms with van der Waals surface area (Å²) in [5.41, 5.74) is 2.33. The van der Waals surface area contributed by atoms with Crippen molar-refractivity contribution in [1.29, 1.82) is 0 Å². The highest BCUT2D eigenvalue weighted by Gasteiger charge is 2.17. The van der Waals surface area contributed by atoms with Gasteiger partial charge in [-0.2, -0.15) is 0 Å². The predicted octanol–water partition coefficient (Wildman–Crippen LogP) is 4.75. The lowest BCUT2D eigenvalue weighted by atomic mass is 10.0. The molecule has 0 heterocycles. The minimum absolute atomic E-state index is 0.115. The summed E-state index contributed by atoms with van der Waals surface area (Å²) in [6.45, 7) is 1.96. The lowest BCUT2D eigenvalue weighted by Gasteiger charge is -2.16. The molecule has 2 rings (SSSR count). The average molecular weight is 404 g/mol. The third-order valence-corrected chi connectivity index (χ3v) is 4.60. The normalized spacial score (nSPS) is 12.3. The minimum atomic E-state index is -0.865. The number of rotatable bonds is 3. The molecule has 0 bridgehead atoms. The van der Waals surface area contributed by atoms with Gasteiger partial charge in [-0.05, 0) is 42.3 Å². The number of methoxy groups -OCH3 is 1. The van der Waals surface area contributed by atoms with Crippen LogP contribution in [-0.2, 0) is 0 Å². The fourth-order valence-corrected chi connectivity index (χ4v) is 2.93. The van der Waals surface area contributed by atoms with Gasteiger partial charge in [0.15, 0.2) is 11.6 Å². The fourth-order valence-electron chi connectivity index (χ4n) is 1.90. The van der Waals surface area contributed by atoms with E-state index in [1.807, 2.05) is 19.1 Å². The molecule has 1 N–H and O–H groups in total. The van der Waals surface area contributed by atoms with Crippen molar-refractivity contribution in [2.45, 2.75) is 13.0 Å². The monoisotopic (exact) mass is 402 g/mol. The number of aryl methyl sites for hydroxylation is 1. The van der Waals surface area contributed by atoms with Crippen LogP contribution in [-0.4, -0.2) is 12.2 Å². The highest BCUT2D eigenvalue weighted by molar-refractivity contribution is 9.11. The molecule has 0 spiro atoms. The molecule has 106 valence electrons. The van der Waals surface area contributed by atoms with E-state index in [9.17, 15) is 9.50 Å². The Morgan fingerprint density at radius 3 is 2.50 bits per heavy atom. The summed E-state index contributed by atoms with van der Waals surface area (Å²) in [5, 5.41) is 10.5. The second kappa shape index (κ2) is 6.24. The molecule has 0 amide bonds. The second-order valence-electron chi connectivity index (χ2n) is 4.42. The molecule has 0 saturated heterocycles. The van der Waals surface area contributed by atoms with Crippen LogP contribution < -0.4 is 4.74 Å². The first-order valence-corrected chi connectivity index (χ1v) is 7.49. The van der Waals surface area contributed by atoms with Gasteiger partial charge in [0.2, 0.25) is 0 Å². The highest BCUT2D eigenvalue weighted by Crippen LogP contribution is 2.34. The van der Waals surface area contributed by atoms with E-state index in [1.54, 1.807) is 6.07 Å². The number of aliphatic hydroxyl groups excluding tert-OH is 1. The van der Waals surface area contributed by atoms with Gasteiger partial charge >= 0.3 is 0 Å². The number of halogens is 3. The quantitative estimate of drug-likeness (QED) is 0.801. The van der Waals surface area contributed by atoms with Gasteiger partial charge < -0.3 is 9.84 Å². The third kappa shape index (κ3) is 3.05. The number of hydrogen-bond acceptors (Lipinski definition) is 2. The van der Waals surface area contributed by atoms with E-state index in [1.165, 1.54) is 19.2 Å². The maximum Gasteiger partial charge on any atom is 0.165 e. The van der Waals surface area contributed by atoms with Crippen LogP contribution in [0.5, 0.6) is 5.75 Å². The van der Waals surface area contributed by atoms with E-state index in [4.69, 9.17) is 4.74 Å². The largest absolute Gasteiger partial charge is 0.494 e. The van der Waals surface area contributed by atoms with Gasteiger partial charge in [0.25, 0.3) is 0 Å². The Morgan fingerprint density at radius 1 is 1.15 bits per heavy atom. The van der Waals surface area contributed by atoms with Crippen LogP contribution >= 0.6 is 31.9 Å². The molecule has 2 nitrogen and oxygen atoms in total. The maximum absolute atomic E-state index is 13.4. The van der Waals surface area contributed by atoms with Crippen molar-refractivity contribution in [2.75, 3.05) is 7.11 Å². The molecular formula is C15H13Br2FO2. The molecule has 1 unspecified atom stereocenters.